The maximum Gasteiger partial charge on any atom is 0.227 e. The number of hydrogen-bond acceptors (Lipinski definition) is 6. The standard InChI is InChI=1S/C24H28N4O2/c1-17(2)30-22-8-4-18(5-9-22)15-28-13-12-23-19(16-28)14-25-24(27-23)26-20-6-10-21(29-3)11-7-20/h4-11,14,17H,12-13,15-16H2,1-3H3,(H,25,26,27). The normalized spacial score (nSPS) is 13.7. The number of fused-ring (bicyclic) bond motifs is 1. The third-order valence-electron chi connectivity index (χ3n) is 5.06. The van der Waals surface area contributed by atoms with E-state index in [2.05, 4.69) is 27.3 Å². The fourth-order valence-electron chi connectivity index (χ4n) is 3.58. The first-order valence-electron chi connectivity index (χ1n) is 10.3. The molecule has 0 amide bonds. The summed E-state index contributed by atoms with van der Waals surface area (Å²) in [6.45, 7) is 6.84. The molecule has 0 bridgehead atoms. The molecule has 0 fully saturated rings. The molecule has 3 aromatic rings. The SMILES string of the molecule is COc1ccc(Nc2ncc3c(n2)CCN(Cc2ccc(OC(C)C)cc2)C3)cc1. The van der Waals surface area contributed by atoms with Crippen molar-refractivity contribution >= 4 is 11.6 Å². The van der Waals surface area contributed by atoms with E-state index >= 15 is 0 Å². The van der Waals surface area contributed by atoms with Gasteiger partial charge in [-0.3, -0.25) is 4.90 Å². The Morgan fingerprint density at radius 3 is 2.47 bits per heavy atom. The summed E-state index contributed by atoms with van der Waals surface area (Å²) >= 11 is 0. The molecule has 1 N–H and O–H groups in total. The van der Waals surface area contributed by atoms with Crippen LogP contribution in [-0.2, 0) is 19.5 Å². The average molecular weight is 405 g/mol. The Hall–Kier alpha value is -3.12. The van der Waals surface area contributed by atoms with Crippen molar-refractivity contribution in [2.45, 2.75) is 39.5 Å². The fraction of sp³-hybridized carbons (Fsp3) is 0.333. The van der Waals surface area contributed by atoms with Gasteiger partial charge in [0.1, 0.15) is 11.5 Å². The van der Waals surface area contributed by atoms with Gasteiger partial charge < -0.3 is 14.8 Å². The van der Waals surface area contributed by atoms with Crippen LogP contribution in [0.15, 0.2) is 54.7 Å². The van der Waals surface area contributed by atoms with Crippen LogP contribution in [0.5, 0.6) is 11.5 Å². The van der Waals surface area contributed by atoms with Crippen LogP contribution in [0.1, 0.15) is 30.7 Å². The second-order valence-corrected chi connectivity index (χ2v) is 7.79. The van der Waals surface area contributed by atoms with Crippen molar-refractivity contribution in [2.75, 3.05) is 19.0 Å². The van der Waals surface area contributed by atoms with Crippen molar-refractivity contribution in [3.05, 3.63) is 71.5 Å². The van der Waals surface area contributed by atoms with Gasteiger partial charge in [0.05, 0.1) is 18.9 Å². The van der Waals surface area contributed by atoms with Crippen LogP contribution >= 0.6 is 0 Å². The van der Waals surface area contributed by atoms with E-state index in [0.717, 1.165) is 48.9 Å². The lowest BCUT2D eigenvalue weighted by Crippen LogP contribution is -2.31. The zero-order chi connectivity index (χ0) is 20.9. The first-order chi connectivity index (χ1) is 14.6. The van der Waals surface area contributed by atoms with Gasteiger partial charge in [-0.15, -0.1) is 0 Å². The summed E-state index contributed by atoms with van der Waals surface area (Å²) < 4.78 is 10.9. The van der Waals surface area contributed by atoms with E-state index in [-0.39, 0.29) is 6.10 Å². The smallest absolute Gasteiger partial charge is 0.227 e. The summed E-state index contributed by atoms with van der Waals surface area (Å²) in [6.07, 6.45) is 3.06. The molecule has 1 aliphatic rings. The highest BCUT2D eigenvalue weighted by molar-refractivity contribution is 5.54. The first kappa shape index (κ1) is 20.2. The minimum Gasteiger partial charge on any atom is -0.497 e. The Kier molecular flexibility index (Phi) is 6.14. The zero-order valence-corrected chi connectivity index (χ0v) is 17.8. The summed E-state index contributed by atoms with van der Waals surface area (Å²) in [5.74, 6) is 2.38. The third-order valence-corrected chi connectivity index (χ3v) is 5.06. The summed E-state index contributed by atoms with van der Waals surface area (Å²) in [5, 5.41) is 3.27. The van der Waals surface area contributed by atoms with Crippen molar-refractivity contribution < 1.29 is 9.47 Å². The molecule has 4 rings (SSSR count). The minimum absolute atomic E-state index is 0.193. The maximum atomic E-state index is 5.73. The van der Waals surface area contributed by atoms with Crippen LogP contribution in [0, 0.1) is 0 Å². The maximum absolute atomic E-state index is 5.73. The molecule has 1 aromatic heterocycles. The largest absolute Gasteiger partial charge is 0.497 e. The van der Waals surface area contributed by atoms with Crippen molar-refractivity contribution in [1.82, 2.24) is 14.9 Å². The number of aromatic nitrogens is 2. The molecule has 2 heterocycles. The number of methoxy groups -OCH3 is 1. The van der Waals surface area contributed by atoms with Crippen LogP contribution in [0.3, 0.4) is 0 Å². The molecule has 156 valence electrons. The number of rotatable bonds is 7. The van der Waals surface area contributed by atoms with Gasteiger partial charge in [0, 0.05) is 43.5 Å². The van der Waals surface area contributed by atoms with Gasteiger partial charge in [0.25, 0.3) is 0 Å². The Morgan fingerprint density at radius 1 is 1.03 bits per heavy atom. The van der Waals surface area contributed by atoms with Crippen LogP contribution in [0.2, 0.25) is 0 Å². The predicted octanol–water partition coefficient (Wildman–Crippen LogP) is 4.57. The van der Waals surface area contributed by atoms with E-state index in [9.17, 15) is 0 Å². The number of nitrogens with zero attached hydrogens (tertiary/aromatic N) is 3. The Labute approximate surface area is 177 Å². The lowest BCUT2D eigenvalue weighted by molar-refractivity contribution is 0.239. The number of anilines is 2. The predicted molar refractivity (Wildman–Crippen MR) is 118 cm³/mol. The molecule has 0 saturated heterocycles. The van der Waals surface area contributed by atoms with Gasteiger partial charge in [-0.05, 0) is 55.8 Å². The van der Waals surface area contributed by atoms with Gasteiger partial charge in [-0.1, -0.05) is 12.1 Å². The van der Waals surface area contributed by atoms with Crippen LogP contribution in [-0.4, -0.2) is 34.6 Å². The van der Waals surface area contributed by atoms with Crippen molar-refractivity contribution in [3.8, 4) is 11.5 Å². The molecule has 0 radical (unpaired) electrons. The Balaban J connectivity index is 1.37. The number of benzene rings is 2. The minimum atomic E-state index is 0.193. The summed E-state index contributed by atoms with van der Waals surface area (Å²) in [5.41, 5.74) is 4.55. The van der Waals surface area contributed by atoms with Crippen LogP contribution in [0.4, 0.5) is 11.6 Å². The van der Waals surface area contributed by atoms with Crippen LogP contribution in [0.25, 0.3) is 0 Å². The van der Waals surface area contributed by atoms with Crippen LogP contribution < -0.4 is 14.8 Å². The zero-order valence-electron chi connectivity index (χ0n) is 17.8. The molecular weight excluding hydrogens is 376 g/mol. The second kappa shape index (κ2) is 9.13. The van der Waals surface area contributed by atoms with Gasteiger partial charge in [0.2, 0.25) is 5.95 Å². The molecule has 6 heteroatoms. The average Bonchev–Trinajstić information content (AvgIpc) is 2.75. The van der Waals surface area contributed by atoms with E-state index in [1.807, 2.05) is 56.4 Å². The quantitative estimate of drug-likeness (QED) is 0.622. The molecule has 0 aliphatic carbocycles. The highest BCUT2D eigenvalue weighted by atomic mass is 16.5. The molecule has 1 aliphatic heterocycles. The molecule has 0 unspecified atom stereocenters. The number of nitrogens with one attached hydrogen (secondary N) is 1. The fourth-order valence-corrected chi connectivity index (χ4v) is 3.58. The number of hydrogen-bond donors (Lipinski definition) is 1. The second-order valence-electron chi connectivity index (χ2n) is 7.79. The van der Waals surface area contributed by atoms with Crippen molar-refractivity contribution in [2.24, 2.45) is 0 Å². The lowest BCUT2D eigenvalue weighted by Gasteiger charge is -2.28. The van der Waals surface area contributed by atoms with Gasteiger partial charge in [-0.2, -0.15) is 0 Å². The molecule has 30 heavy (non-hydrogen) atoms. The van der Waals surface area contributed by atoms with Gasteiger partial charge in [0.15, 0.2) is 0 Å². The highest BCUT2D eigenvalue weighted by Crippen LogP contribution is 2.23. The molecule has 0 spiro atoms. The lowest BCUT2D eigenvalue weighted by atomic mass is 10.1. The van der Waals surface area contributed by atoms with E-state index in [0.29, 0.717) is 5.95 Å². The van der Waals surface area contributed by atoms with Gasteiger partial charge in [-0.25, -0.2) is 9.97 Å². The van der Waals surface area contributed by atoms with E-state index in [1.165, 1.54) is 11.1 Å². The first-order valence-corrected chi connectivity index (χ1v) is 10.3. The van der Waals surface area contributed by atoms with Gasteiger partial charge >= 0.3 is 0 Å². The molecule has 0 saturated carbocycles. The summed E-state index contributed by atoms with van der Waals surface area (Å²) in [6, 6.07) is 16.1. The summed E-state index contributed by atoms with van der Waals surface area (Å²) in [4.78, 5) is 11.7. The number of ether oxygens (including phenoxy) is 2. The molecule has 6 nitrogen and oxygen atoms in total. The molecular formula is C24H28N4O2. The van der Waals surface area contributed by atoms with E-state index in [1.54, 1.807) is 7.11 Å². The third kappa shape index (κ3) is 5.07. The Morgan fingerprint density at radius 2 is 1.77 bits per heavy atom. The van der Waals surface area contributed by atoms with Crippen molar-refractivity contribution in [1.29, 1.82) is 0 Å². The van der Waals surface area contributed by atoms with E-state index < -0.39 is 0 Å². The molecule has 0 atom stereocenters. The van der Waals surface area contributed by atoms with Crippen molar-refractivity contribution in [3.63, 3.8) is 0 Å². The molecule has 2 aromatic carbocycles. The van der Waals surface area contributed by atoms with E-state index in [4.69, 9.17) is 14.5 Å². The topological polar surface area (TPSA) is 59.5 Å². The monoisotopic (exact) mass is 404 g/mol. The highest BCUT2D eigenvalue weighted by Gasteiger charge is 2.18. The Bertz CT molecular complexity index is 972. The summed E-state index contributed by atoms with van der Waals surface area (Å²) in [7, 11) is 1.66.